The molecule has 1 unspecified atom stereocenters. The maximum atomic E-state index is 11.9. The number of aryl methyl sites for hydroxylation is 1. The van der Waals surface area contributed by atoms with Crippen LogP contribution < -0.4 is 10.1 Å². The van der Waals surface area contributed by atoms with Gasteiger partial charge in [0, 0.05) is 6.54 Å². The van der Waals surface area contributed by atoms with Crippen LogP contribution in [0.25, 0.3) is 0 Å². The van der Waals surface area contributed by atoms with E-state index in [9.17, 15) is 4.79 Å². The van der Waals surface area contributed by atoms with Crippen LogP contribution in [0.2, 0.25) is 0 Å². The van der Waals surface area contributed by atoms with E-state index in [-0.39, 0.29) is 18.7 Å². The van der Waals surface area contributed by atoms with Gasteiger partial charge in [-0.15, -0.1) is 0 Å². The van der Waals surface area contributed by atoms with E-state index in [1.54, 1.807) is 4.90 Å². The number of nitrogens with zero attached hydrogens (tertiary/aromatic N) is 1. The van der Waals surface area contributed by atoms with E-state index < -0.39 is 0 Å². The zero-order chi connectivity index (χ0) is 15.1. The third-order valence-electron chi connectivity index (χ3n) is 3.30. The van der Waals surface area contributed by atoms with Crippen LogP contribution in [0.4, 0.5) is 4.79 Å². The Morgan fingerprint density at radius 1 is 1.48 bits per heavy atom. The average Bonchev–Trinajstić information content (AvgIpc) is 2.53. The van der Waals surface area contributed by atoms with E-state index in [4.69, 9.17) is 14.6 Å². The second-order valence-electron chi connectivity index (χ2n) is 5.01. The van der Waals surface area contributed by atoms with E-state index in [0.717, 1.165) is 5.75 Å². The monoisotopic (exact) mass is 294 g/mol. The van der Waals surface area contributed by atoms with Crippen LogP contribution in [0.15, 0.2) is 24.3 Å². The Labute approximate surface area is 124 Å². The van der Waals surface area contributed by atoms with Crippen LogP contribution in [0.5, 0.6) is 5.75 Å². The normalized spacial score (nSPS) is 18.4. The Kier molecular flexibility index (Phi) is 5.83. The molecule has 1 fully saturated rings. The number of carbonyl (C=O) groups excluding carboxylic acids is 1. The van der Waals surface area contributed by atoms with Crippen molar-refractivity contribution >= 4 is 6.03 Å². The van der Waals surface area contributed by atoms with E-state index in [2.05, 4.69) is 5.32 Å². The fraction of sp³-hybridized carbons (Fsp3) is 0.533. The number of amides is 2. The third kappa shape index (κ3) is 4.91. The quantitative estimate of drug-likeness (QED) is 0.787. The number of benzene rings is 1. The Bertz CT molecular complexity index is 449. The molecule has 1 atom stereocenters. The van der Waals surface area contributed by atoms with Crippen molar-refractivity contribution in [3.63, 3.8) is 0 Å². The summed E-state index contributed by atoms with van der Waals surface area (Å²) < 4.78 is 10.8. The van der Waals surface area contributed by atoms with Crippen LogP contribution in [0, 0.1) is 6.92 Å². The molecule has 0 aromatic heterocycles. The molecule has 0 bridgehead atoms. The summed E-state index contributed by atoms with van der Waals surface area (Å²) >= 11 is 0. The lowest BCUT2D eigenvalue weighted by atomic mass is 10.2. The smallest absolute Gasteiger partial charge is 0.317 e. The van der Waals surface area contributed by atoms with E-state index >= 15 is 0 Å². The first-order chi connectivity index (χ1) is 10.2. The van der Waals surface area contributed by atoms with Crippen molar-refractivity contribution in [1.29, 1.82) is 0 Å². The number of ether oxygens (including phenoxy) is 2. The van der Waals surface area contributed by atoms with Gasteiger partial charge in [-0.05, 0) is 19.1 Å². The highest BCUT2D eigenvalue weighted by atomic mass is 16.5. The van der Waals surface area contributed by atoms with Gasteiger partial charge in [0.2, 0.25) is 0 Å². The molecule has 0 saturated carbocycles. The average molecular weight is 294 g/mol. The van der Waals surface area contributed by atoms with Gasteiger partial charge in [0.05, 0.1) is 32.4 Å². The summed E-state index contributed by atoms with van der Waals surface area (Å²) in [6.07, 6.45) is -0.284. The lowest BCUT2D eigenvalue weighted by Gasteiger charge is -2.32. The fourth-order valence-electron chi connectivity index (χ4n) is 2.09. The number of hydrogen-bond donors (Lipinski definition) is 2. The first kappa shape index (κ1) is 15.6. The topological polar surface area (TPSA) is 71.0 Å². The number of aliphatic hydroxyl groups excluding tert-OH is 1. The molecule has 6 heteroatoms. The highest BCUT2D eigenvalue weighted by molar-refractivity contribution is 5.74. The molecule has 1 aliphatic rings. The first-order valence-corrected chi connectivity index (χ1v) is 7.14. The van der Waals surface area contributed by atoms with E-state index in [1.807, 2.05) is 31.2 Å². The first-order valence-electron chi connectivity index (χ1n) is 7.14. The summed E-state index contributed by atoms with van der Waals surface area (Å²) in [6, 6.07) is 7.63. The van der Waals surface area contributed by atoms with Gasteiger partial charge < -0.3 is 24.8 Å². The number of aliphatic hydroxyl groups is 1. The molecule has 0 radical (unpaired) electrons. The molecule has 116 valence electrons. The number of nitrogens with one attached hydrogen (secondary N) is 1. The molecule has 2 rings (SSSR count). The molecular weight excluding hydrogens is 272 g/mol. The standard InChI is InChI=1S/C15H22N2O4/c1-12-2-4-13(5-3-12)20-8-6-16-15(19)17-7-9-21-14(10-17)11-18/h2-5,14,18H,6-11H2,1H3,(H,16,19). The molecular formula is C15H22N2O4. The lowest BCUT2D eigenvalue weighted by Crippen LogP contribution is -2.51. The van der Waals surface area contributed by atoms with Gasteiger partial charge in [-0.1, -0.05) is 17.7 Å². The Morgan fingerprint density at radius 3 is 2.95 bits per heavy atom. The molecule has 1 aliphatic heterocycles. The maximum absolute atomic E-state index is 11.9. The van der Waals surface area contributed by atoms with Crippen molar-refractivity contribution < 1.29 is 19.4 Å². The van der Waals surface area contributed by atoms with Gasteiger partial charge in [-0.2, -0.15) is 0 Å². The molecule has 2 amide bonds. The summed E-state index contributed by atoms with van der Waals surface area (Å²) in [7, 11) is 0. The van der Waals surface area contributed by atoms with Gasteiger partial charge in [0.25, 0.3) is 0 Å². The molecule has 0 spiro atoms. The fourth-order valence-corrected chi connectivity index (χ4v) is 2.09. The summed E-state index contributed by atoms with van der Waals surface area (Å²) in [5.41, 5.74) is 1.18. The number of hydrogen-bond acceptors (Lipinski definition) is 4. The Hall–Kier alpha value is -1.79. The van der Waals surface area contributed by atoms with Crippen molar-refractivity contribution in [1.82, 2.24) is 10.2 Å². The van der Waals surface area contributed by atoms with Crippen molar-refractivity contribution in [3.05, 3.63) is 29.8 Å². The minimum atomic E-state index is -0.284. The molecule has 1 saturated heterocycles. The van der Waals surface area contributed by atoms with Gasteiger partial charge in [-0.25, -0.2) is 4.79 Å². The predicted octanol–water partition coefficient (Wildman–Crippen LogP) is 0.777. The van der Waals surface area contributed by atoms with E-state index in [1.165, 1.54) is 5.56 Å². The van der Waals surface area contributed by atoms with Crippen molar-refractivity contribution in [2.75, 3.05) is 39.5 Å². The molecule has 21 heavy (non-hydrogen) atoms. The Balaban J connectivity index is 1.66. The highest BCUT2D eigenvalue weighted by Gasteiger charge is 2.23. The third-order valence-corrected chi connectivity index (χ3v) is 3.30. The summed E-state index contributed by atoms with van der Waals surface area (Å²) in [5.74, 6) is 0.793. The SMILES string of the molecule is Cc1ccc(OCCNC(=O)N2CCOC(CO)C2)cc1. The molecule has 2 N–H and O–H groups in total. The molecule has 1 heterocycles. The van der Waals surface area contributed by atoms with Crippen molar-refractivity contribution in [3.8, 4) is 5.75 Å². The van der Waals surface area contributed by atoms with Crippen LogP contribution in [-0.4, -0.2) is 61.6 Å². The Morgan fingerprint density at radius 2 is 2.24 bits per heavy atom. The lowest BCUT2D eigenvalue weighted by molar-refractivity contribution is -0.0403. The summed E-state index contributed by atoms with van der Waals surface area (Å²) in [5, 5.41) is 11.9. The van der Waals surface area contributed by atoms with Crippen molar-refractivity contribution in [2.24, 2.45) is 0 Å². The van der Waals surface area contributed by atoms with Gasteiger partial charge >= 0.3 is 6.03 Å². The molecule has 1 aromatic rings. The summed E-state index contributed by atoms with van der Waals surface area (Å²) in [4.78, 5) is 13.6. The van der Waals surface area contributed by atoms with Crippen LogP contribution in [0.1, 0.15) is 5.56 Å². The van der Waals surface area contributed by atoms with Gasteiger partial charge in [0.1, 0.15) is 12.4 Å². The molecule has 0 aliphatic carbocycles. The summed E-state index contributed by atoms with van der Waals surface area (Å²) in [6.45, 7) is 4.23. The van der Waals surface area contributed by atoms with Crippen LogP contribution in [-0.2, 0) is 4.74 Å². The molecule has 1 aromatic carbocycles. The number of carbonyl (C=O) groups is 1. The second-order valence-corrected chi connectivity index (χ2v) is 5.01. The van der Waals surface area contributed by atoms with Gasteiger partial charge in [-0.3, -0.25) is 0 Å². The number of urea groups is 1. The highest BCUT2D eigenvalue weighted by Crippen LogP contribution is 2.10. The number of morpholine rings is 1. The van der Waals surface area contributed by atoms with Crippen LogP contribution >= 0.6 is 0 Å². The second kappa shape index (κ2) is 7.85. The largest absolute Gasteiger partial charge is 0.492 e. The minimum absolute atomic E-state index is 0.0691. The zero-order valence-electron chi connectivity index (χ0n) is 12.2. The molecule has 6 nitrogen and oxygen atoms in total. The van der Waals surface area contributed by atoms with E-state index in [0.29, 0.717) is 32.8 Å². The zero-order valence-corrected chi connectivity index (χ0v) is 12.2. The maximum Gasteiger partial charge on any atom is 0.317 e. The van der Waals surface area contributed by atoms with Crippen LogP contribution in [0.3, 0.4) is 0 Å². The predicted molar refractivity (Wildman–Crippen MR) is 78.5 cm³/mol. The van der Waals surface area contributed by atoms with Gasteiger partial charge in [0.15, 0.2) is 0 Å². The minimum Gasteiger partial charge on any atom is -0.492 e. The number of rotatable bonds is 5. The van der Waals surface area contributed by atoms with Crippen molar-refractivity contribution in [2.45, 2.75) is 13.0 Å².